The van der Waals surface area contributed by atoms with Gasteiger partial charge in [-0.05, 0) is 56.4 Å². The fourth-order valence-corrected chi connectivity index (χ4v) is 3.61. The van der Waals surface area contributed by atoms with Gasteiger partial charge >= 0.3 is 0 Å². The molecule has 6 nitrogen and oxygen atoms in total. The predicted octanol–water partition coefficient (Wildman–Crippen LogP) is 2.75. The number of hydrogen-bond acceptors (Lipinski definition) is 5. The molecule has 1 aliphatic heterocycles. The molecule has 0 aliphatic carbocycles. The number of aliphatic hydroxyl groups excluding tert-OH is 2. The van der Waals surface area contributed by atoms with Crippen molar-refractivity contribution in [1.29, 1.82) is 0 Å². The van der Waals surface area contributed by atoms with Crippen LogP contribution in [-0.2, 0) is 6.42 Å². The van der Waals surface area contributed by atoms with Crippen molar-refractivity contribution in [2.75, 3.05) is 19.7 Å². The first kappa shape index (κ1) is 21.3. The van der Waals surface area contributed by atoms with Gasteiger partial charge in [0, 0.05) is 25.0 Å². The number of aryl methyl sites for hydroxylation is 2. The number of benzene rings is 1. The molecule has 2 atom stereocenters. The fourth-order valence-electron chi connectivity index (χ4n) is 3.61. The van der Waals surface area contributed by atoms with Gasteiger partial charge in [0.05, 0.1) is 11.7 Å². The highest BCUT2D eigenvalue weighted by Crippen LogP contribution is 2.22. The van der Waals surface area contributed by atoms with E-state index < -0.39 is 12.2 Å². The van der Waals surface area contributed by atoms with E-state index in [9.17, 15) is 15.0 Å². The number of pyridine rings is 1. The molecule has 2 N–H and O–H groups in total. The van der Waals surface area contributed by atoms with E-state index in [4.69, 9.17) is 4.74 Å². The molecule has 0 unspecified atom stereocenters. The van der Waals surface area contributed by atoms with E-state index in [-0.39, 0.29) is 18.9 Å². The number of carbonyl (C=O) groups excluding carboxylic acids is 1. The number of aliphatic hydroxyl groups is 2. The van der Waals surface area contributed by atoms with Gasteiger partial charge in [-0.3, -0.25) is 9.78 Å². The second-order valence-corrected chi connectivity index (χ2v) is 7.58. The number of rotatable bonds is 1. The highest BCUT2D eigenvalue weighted by Gasteiger charge is 2.23. The van der Waals surface area contributed by atoms with Crippen LogP contribution in [0.1, 0.15) is 47.3 Å². The van der Waals surface area contributed by atoms with Gasteiger partial charge in [-0.25, -0.2) is 0 Å². The molecule has 1 aromatic heterocycles. The van der Waals surface area contributed by atoms with Crippen LogP contribution in [0, 0.1) is 6.92 Å². The van der Waals surface area contributed by atoms with E-state index in [0.717, 1.165) is 37.0 Å². The summed E-state index contributed by atoms with van der Waals surface area (Å²) in [7, 11) is 0. The fraction of sp³-hybridized carbons (Fsp3) is 0.478. The second kappa shape index (κ2) is 10.4. The SMILES string of the molecule is Cc1ncccc1C(=O)N1CCCCCc2ccccc2OC[C@@H](O)[C@@H](O)CC1. The molecular formula is C23H30N2O4. The minimum Gasteiger partial charge on any atom is -0.491 e. The molecule has 0 fully saturated rings. The van der Waals surface area contributed by atoms with Gasteiger partial charge in [0.1, 0.15) is 18.5 Å². The second-order valence-electron chi connectivity index (χ2n) is 7.58. The molecule has 1 amide bonds. The molecule has 2 aromatic rings. The Bertz CT molecular complexity index is 811. The minimum absolute atomic E-state index is 0.0217. The highest BCUT2D eigenvalue weighted by molar-refractivity contribution is 5.95. The van der Waals surface area contributed by atoms with Gasteiger partial charge in [-0.1, -0.05) is 24.6 Å². The van der Waals surface area contributed by atoms with Crippen LogP contribution >= 0.6 is 0 Å². The lowest BCUT2D eigenvalue weighted by Gasteiger charge is -2.26. The number of nitrogens with zero attached hydrogens (tertiary/aromatic N) is 2. The first-order chi connectivity index (χ1) is 14.1. The van der Waals surface area contributed by atoms with Gasteiger partial charge in [0.25, 0.3) is 5.91 Å². The summed E-state index contributed by atoms with van der Waals surface area (Å²) in [5.74, 6) is 0.686. The third kappa shape index (κ3) is 5.78. The van der Waals surface area contributed by atoms with Crippen molar-refractivity contribution in [3.05, 3.63) is 59.4 Å². The molecule has 0 bridgehead atoms. The summed E-state index contributed by atoms with van der Waals surface area (Å²) >= 11 is 0. The Morgan fingerprint density at radius 3 is 2.72 bits per heavy atom. The molecule has 0 spiro atoms. The lowest BCUT2D eigenvalue weighted by atomic mass is 10.0. The Labute approximate surface area is 172 Å². The number of ether oxygens (including phenoxy) is 1. The first-order valence-electron chi connectivity index (χ1n) is 10.3. The van der Waals surface area contributed by atoms with Crippen LogP contribution in [0.4, 0.5) is 0 Å². The van der Waals surface area contributed by atoms with Crippen LogP contribution in [0.25, 0.3) is 0 Å². The van der Waals surface area contributed by atoms with Gasteiger partial charge in [-0.2, -0.15) is 0 Å². The van der Waals surface area contributed by atoms with Crippen LogP contribution in [0.2, 0.25) is 0 Å². The zero-order chi connectivity index (χ0) is 20.6. The van der Waals surface area contributed by atoms with E-state index in [0.29, 0.717) is 24.3 Å². The number of carbonyl (C=O) groups is 1. The highest BCUT2D eigenvalue weighted by atomic mass is 16.5. The quantitative estimate of drug-likeness (QED) is 0.772. The molecule has 1 aromatic carbocycles. The summed E-state index contributed by atoms with van der Waals surface area (Å²) in [5.41, 5.74) is 2.38. The Hall–Kier alpha value is -2.44. The van der Waals surface area contributed by atoms with Crippen molar-refractivity contribution in [3.8, 4) is 5.75 Å². The Kier molecular flexibility index (Phi) is 7.61. The Morgan fingerprint density at radius 2 is 1.90 bits per heavy atom. The standard InChI is InChI=1S/C23H30N2O4/c1-17-19(10-7-13-24-17)23(28)25-14-6-2-3-8-18-9-4-5-11-22(18)29-16-21(27)20(26)12-15-25/h4-5,7,9-11,13,20-21,26-27H,2-3,6,8,12,14-16H2,1H3/t20-,21+/m0/s1. The molecule has 1 aliphatic rings. The number of para-hydroxylation sites is 1. The van der Waals surface area contributed by atoms with Crippen molar-refractivity contribution in [2.45, 2.75) is 51.2 Å². The van der Waals surface area contributed by atoms with Gasteiger partial charge < -0.3 is 19.8 Å². The molecule has 6 heteroatoms. The summed E-state index contributed by atoms with van der Waals surface area (Å²) in [6, 6.07) is 11.4. The topological polar surface area (TPSA) is 82.9 Å². The lowest BCUT2D eigenvalue weighted by molar-refractivity contribution is -0.0153. The van der Waals surface area contributed by atoms with E-state index in [1.807, 2.05) is 31.2 Å². The van der Waals surface area contributed by atoms with Crippen molar-refractivity contribution in [1.82, 2.24) is 9.88 Å². The normalized spacial score (nSPS) is 21.6. The molecule has 156 valence electrons. The largest absolute Gasteiger partial charge is 0.491 e. The minimum atomic E-state index is -1.01. The lowest BCUT2D eigenvalue weighted by Crippen LogP contribution is -2.39. The van der Waals surface area contributed by atoms with Crippen LogP contribution in [0.15, 0.2) is 42.6 Å². The van der Waals surface area contributed by atoms with Crippen LogP contribution in [-0.4, -0.2) is 57.9 Å². The summed E-state index contributed by atoms with van der Waals surface area (Å²) in [6.45, 7) is 2.84. The third-order valence-electron chi connectivity index (χ3n) is 5.42. The zero-order valence-corrected chi connectivity index (χ0v) is 17.0. The Morgan fingerprint density at radius 1 is 1.07 bits per heavy atom. The molecule has 0 saturated carbocycles. The molecule has 0 saturated heterocycles. The summed E-state index contributed by atoms with van der Waals surface area (Å²) in [5, 5.41) is 20.7. The van der Waals surface area contributed by atoms with Crippen molar-refractivity contribution >= 4 is 5.91 Å². The average molecular weight is 399 g/mol. The average Bonchev–Trinajstić information content (AvgIpc) is 2.73. The van der Waals surface area contributed by atoms with Crippen molar-refractivity contribution < 1.29 is 19.7 Å². The maximum atomic E-state index is 13.0. The molecule has 29 heavy (non-hydrogen) atoms. The monoisotopic (exact) mass is 398 g/mol. The molecule has 0 radical (unpaired) electrons. The molecule has 2 heterocycles. The maximum Gasteiger partial charge on any atom is 0.255 e. The van der Waals surface area contributed by atoms with Crippen LogP contribution in [0.5, 0.6) is 5.75 Å². The summed E-state index contributed by atoms with van der Waals surface area (Å²) in [4.78, 5) is 19.0. The van der Waals surface area contributed by atoms with E-state index in [1.165, 1.54) is 0 Å². The van der Waals surface area contributed by atoms with E-state index in [1.54, 1.807) is 23.2 Å². The molecular weight excluding hydrogens is 368 g/mol. The Balaban J connectivity index is 1.72. The van der Waals surface area contributed by atoms with Crippen molar-refractivity contribution in [2.24, 2.45) is 0 Å². The number of fused-ring (bicyclic) bond motifs is 1. The smallest absolute Gasteiger partial charge is 0.255 e. The maximum absolute atomic E-state index is 13.0. The number of hydrogen-bond donors (Lipinski definition) is 2. The predicted molar refractivity (Wildman–Crippen MR) is 111 cm³/mol. The van der Waals surface area contributed by atoms with Crippen LogP contribution < -0.4 is 4.74 Å². The van der Waals surface area contributed by atoms with Crippen molar-refractivity contribution in [3.63, 3.8) is 0 Å². The van der Waals surface area contributed by atoms with Crippen LogP contribution in [0.3, 0.4) is 0 Å². The third-order valence-corrected chi connectivity index (χ3v) is 5.42. The van der Waals surface area contributed by atoms with Gasteiger partial charge in [0.2, 0.25) is 0 Å². The van der Waals surface area contributed by atoms with E-state index >= 15 is 0 Å². The molecule has 3 rings (SSSR count). The number of aromatic nitrogens is 1. The summed E-state index contributed by atoms with van der Waals surface area (Å²) in [6.07, 6.45) is 3.74. The van der Waals surface area contributed by atoms with Gasteiger partial charge in [-0.15, -0.1) is 0 Å². The number of amides is 1. The first-order valence-corrected chi connectivity index (χ1v) is 10.3. The van der Waals surface area contributed by atoms with E-state index in [2.05, 4.69) is 4.98 Å². The van der Waals surface area contributed by atoms with Gasteiger partial charge in [0.15, 0.2) is 0 Å². The summed E-state index contributed by atoms with van der Waals surface area (Å²) < 4.78 is 5.78. The zero-order valence-electron chi connectivity index (χ0n) is 17.0.